The molecule has 8 heteroatoms. The van der Waals surface area contributed by atoms with Crippen LogP contribution in [0.15, 0.2) is 48.5 Å². The first-order chi connectivity index (χ1) is 27.5. The van der Waals surface area contributed by atoms with Crippen LogP contribution in [0.5, 0.6) is 11.5 Å². The Hall–Kier alpha value is -3.36. The first-order valence-electron chi connectivity index (χ1n) is 22.3. The highest BCUT2D eigenvalue weighted by molar-refractivity contribution is 6.11. The Bertz CT molecular complexity index is 1320. The molecule has 0 spiro atoms. The van der Waals surface area contributed by atoms with Crippen molar-refractivity contribution in [3.63, 3.8) is 0 Å². The maximum absolute atomic E-state index is 12.9. The Morgan fingerprint density at radius 3 is 1.09 bits per heavy atom. The molecule has 3 aromatic carbocycles. The molecule has 0 aromatic heterocycles. The van der Waals surface area contributed by atoms with Crippen molar-refractivity contribution < 1.29 is 38.0 Å². The third kappa shape index (κ3) is 18.3. The van der Waals surface area contributed by atoms with Crippen molar-refractivity contribution in [3.05, 3.63) is 48.5 Å². The van der Waals surface area contributed by atoms with E-state index in [1.807, 2.05) is 48.5 Å². The van der Waals surface area contributed by atoms with Crippen LogP contribution in [0, 0.1) is 0 Å². The third-order valence-electron chi connectivity index (χ3n) is 10.1. The van der Waals surface area contributed by atoms with Gasteiger partial charge in [0, 0.05) is 47.6 Å². The summed E-state index contributed by atoms with van der Waals surface area (Å²) in [5, 5.41) is 3.54. The topological polar surface area (TPSA) is 89.5 Å². The summed E-state index contributed by atoms with van der Waals surface area (Å²) < 4.78 is 37.3. The summed E-state index contributed by atoms with van der Waals surface area (Å²) in [6, 6.07) is 16.1. The summed E-state index contributed by atoms with van der Waals surface area (Å²) in [7, 11) is 0. The average molecular weight is 779 g/mol. The van der Waals surface area contributed by atoms with Gasteiger partial charge in [-0.25, -0.2) is 0 Å². The second-order valence-corrected chi connectivity index (χ2v) is 15.2. The number of esters is 2. The Morgan fingerprint density at radius 2 is 0.750 bits per heavy atom. The molecule has 0 radical (unpaired) electrons. The van der Waals surface area contributed by atoms with E-state index in [-0.39, 0.29) is 38.4 Å². The predicted molar refractivity (Wildman–Crippen MR) is 229 cm³/mol. The number of ether oxygens (including phenoxy) is 6. The normalized spacial score (nSPS) is 12.5. The summed E-state index contributed by atoms with van der Waals surface area (Å²) in [6.07, 6.45) is 19.3. The van der Waals surface area contributed by atoms with Crippen molar-refractivity contribution in [1.82, 2.24) is 0 Å². The van der Waals surface area contributed by atoms with Crippen molar-refractivity contribution in [2.24, 2.45) is 0 Å². The van der Waals surface area contributed by atoms with Gasteiger partial charge in [-0.2, -0.15) is 0 Å². The molecule has 3 aromatic rings. The number of hydrogen-bond donors (Lipinski definition) is 0. The van der Waals surface area contributed by atoms with Gasteiger partial charge in [-0.15, -0.1) is 0 Å². The van der Waals surface area contributed by atoms with Gasteiger partial charge >= 0.3 is 11.9 Å². The molecule has 3 rings (SSSR count). The third-order valence-corrected chi connectivity index (χ3v) is 10.1. The largest absolute Gasteiger partial charge is 0.488 e. The molecule has 0 amide bonds. The standard InChI is InChI=1S/C48H74O8/c1-5-9-13-17-25-33-51-35-39(55-45(49)31-19-15-11-7-3)37-53-47-41-27-21-23-29-43(41)48(44-30-24-22-28-42(44)47)54-38-40(36-52-34-26-18-14-10-6-2)56-46(50)32-20-16-12-8-4/h21-24,27-30,39-40H,5-20,25-26,31-38H2,1-4H3. The molecule has 314 valence electrons. The zero-order chi connectivity index (χ0) is 40.1. The molecular formula is C48H74O8. The minimum Gasteiger partial charge on any atom is -0.488 e. The summed E-state index contributed by atoms with van der Waals surface area (Å²) in [6.45, 7) is 10.9. The van der Waals surface area contributed by atoms with Gasteiger partial charge in [0.25, 0.3) is 0 Å². The van der Waals surface area contributed by atoms with Crippen LogP contribution in [0.4, 0.5) is 0 Å². The second-order valence-electron chi connectivity index (χ2n) is 15.2. The molecule has 2 unspecified atom stereocenters. The van der Waals surface area contributed by atoms with E-state index < -0.39 is 12.2 Å². The van der Waals surface area contributed by atoms with Gasteiger partial charge < -0.3 is 28.4 Å². The quantitative estimate of drug-likeness (QED) is 0.0336. The van der Waals surface area contributed by atoms with Gasteiger partial charge in [0.2, 0.25) is 0 Å². The van der Waals surface area contributed by atoms with Crippen LogP contribution in [-0.4, -0.2) is 63.8 Å². The van der Waals surface area contributed by atoms with E-state index in [1.165, 1.54) is 38.5 Å². The fourth-order valence-electron chi connectivity index (χ4n) is 6.87. The predicted octanol–water partition coefficient (Wildman–Crippen LogP) is 12.5. The highest BCUT2D eigenvalue weighted by Crippen LogP contribution is 2.43. The van der Waals surface area contributed by atoms with E-state index in [0.29, 0.717) is 37.6 Å². The van der Waals surface area contributed by atoms with Gasteiger partial charge in [-0.05, 0) is 25.7 Å². The molecule has 0 N–H and O–H groups in total. The van der Waals surface area contributed by atoms with Gasteiger partial charge in [-0.3, -0.25) is 9.59 Å². The lowest BCUT2D eigenvalue weighted by Crippen LogP contribution is -2.30. The number of carbonyl (C=O) groups excluding carboxylic acids is 2. The minimum atomic E-state index is -0.540. The van der Waals surface area contributed by atoms with E-state index in [4.69, 9.17) is 28.4 Å². The maximum Gasteiger partial charge on any atom is 0.306 e. The van der Waals surface area contributed by atoms with Gasteiger partial charge in [-0.1, -0.05) is 166 Å². The maximum atomic E-state index is 12.9. The van der Waals surface area contributed by atoms with Gasteiger partial charge in [0.1, 0.15) is 24.7 Å². The first kappa shape index (κ1) is 47.0. The first-order valence-corrected chi connectivity index (χ1v) is 22.3. The molecule has 0 saturated carbocycles. The Labute approximate surface area is 338 Å². The van der Waals surface area contributed by atoms with Crippen molar-refractivity contribution >= 4 is 33.5 Å². The van der Waals surface area contributed by atoms with Crippen LogP contribution in [0.25, 0.3) is 21.5 Å². The van der Waals surface area contributed by atoms with Gasteiger partial charge in [0.05, 0.1) is 13.2 Å². The molecule has 0 aliphatic rings. The van der Waals surface area contributed by atoms with E-state index in [9.17, 15) is 9.59 Å². The van der Waals surface area contributed by atoms with E-state index in [1.54, 1.807) is 0 Å². The molecule has 0 saturated heterocycles. The molecule has 2 atom stereocenters. The molecule has 0 fully saturated rings. The number of hydrogen-bond acceptors (Lipinski definition) is 8. The Kier molecular flexibility index (Phi) is 25.0. The zero-order valence-corrected chi connectivity index (χ0v) is 35.4. The minimum absolute atomic E-state index is 0.163. The number of rotatable bonds is 34. The molecular weight excluding hydrogens is 705 g/mol. The number of benzene rings is 3. The summed E-state index contributed by atoms with van der Waals surface area (Å²) in [5.41, 5.74) is 0. The molecule has 0 aliphatic heterocycles. The Morgan fingerprint density at radius 1 is 0.429 bits per heavy atom. The second kappa shape index (κ2) is 29.8. The molecule has 0 bridgehead atoms. The smallest absolute Gasteiger partial charge is 0.306 e. The summed E-state index contributed by atoms with van der Waals surface area (Å²) >= 11 is 0. The number of fused-ring (bicyclic) bond motifs is 2. The van der Waals surface area contributed by atoms with Crippen LogP contribution in [-0.2, 0) is 28.5 Å². The fourth-order valence-corrected chi connectivity index (χ4v) is 6.87. The van der Waals surface area contributed by atoms with Crippen LogP contribution in [0.2, 0.25) is 0 Å². The molecule has 0 heterocycles. The van der Waals surface area contributed by atoms with E-state index >= 15 is 0 Å². The van der Waals surface area contributed by atoms with E-state index in [0.717, 1.165) is 98.6 Å². The highest BCUT2D eigenvalue weighted by atomic mass is 16.6. The Balaban J connectivity index is 1.79. The SMILES string of the molecule is CCCCCCCOCC(COc1c2ccccc2c(OCC(COCCCCCCC)OC(=O)CCCCCC)c2ccccc12)OC(=O)CCCCCC. The highest BCUT2D eigenvalue weighted by Gasteiger charge is 2.22. The summed E-state index contributed by atoms with van der Waals surface area (Å²) in [4.78, 5) is 25.8. The summed E-state index contributed by atoms with van der Waals surface area (Å²) in [5.74, 6) is 0.981. The van der Waals surface area contributed by atoms with Crippen molar-refractivity contribution in [1.29, 1.82) is 0 Å². The van der Waals surface area contributed by atoms with E-state index in [2.05, 4.69) is 27.7 Å². The van der Waals surface area contributed by atoms with Crippen molar-refractivity contribution in [3.8, 4) is 11.5 Å². The fraction of sp³-hybridized carbons (Fsp3) is 0.667. The van der Waals surface area contributed by atoms with Crippen LogP contribution >= 0.6 is 0 Å². The lowest BCUT2D eigenvalue weighted by atomic mass is 10.0. The lowest BCUT2D eigenvalue weighted by Gasteiger charge is -2.23. The lowest BCUT2D eigenvalue weighted by molar-refractivity contribution is -0.155. The van der Waals surface area contributed by atoms with Crippen LogP contribution < -0.4 is 9.47 Å². The van der Waals surface area contributed by atoms with Gasteiger partial charge in [0.15, 0.2) is 12.2 Å². The van der Waals surface area contributed by atoms with Crippen molar-refractivity contribution in [2.45, 2.75) is 168 Å². The number of unbranched alkanes of at least 4 members (excludes halogenated alkanes) is 14. The molecule has 8 nitrogen and oxygen atoms in total. The van der Waals surface area contributed by atoms with Crippen molar-refractivity contribution in [2.75, 3.05) is 39.6 Å². The zero-order valence-electron chi connectivity index (χ0n) is 35.4. The van der Waals surface area contributed by atoms with Crippen LogP contribution in [0.1, 0.15) is 156 Å². The number of carbonyl (C=O) groups is 2. The molecule has 0 aliphatic carbocycles. The average Bonchev–Trinajstić information content (AvgIpc) is 3.21. The monoisotopic (exact) mass is 779 g/mol. The van der Waals surface area contributed by atoms with Crippen LogP contribution in [0.3, 0.4) is 0 Å². The molecule has 56 heavy (non-hydrogen) atoms.